The molecule has 106 valence electrons. The number of carbonyl (C=O) groups excluding carboxylic acids is 1. The second kappa shape index (κ2) is 6.02. The summed E-state index contributed by atoms with van der Waals surface area (Å²) in [5.74, 6) is -1.04. The van der Waals surface area contributed by atoms with Crippen LogP contribution in [0.5, 0.6) is 5.75 Å². The fourth-order valence-corrected chi connectivity index (χ4v) is 2.12. The van der Waals surface area contributed by atoms with Crippen LogP contribution in [0.1, 0.15) is 37.6 Å². The maximum atomic E-state index is 12.9. The summed E-state index contributed by atoms with van der Waals surface area (Å²) in [4.78, 5) is 12.1. The highest BCUT2D eigenvalue weighted by molar-refractivity contribution is 5.97. The minimum absolute atomic E-state index is 0.0461. The van der Waals surface area contributed by atoms with E-state index in [1.807, 2.05) is 20.8 Å². The Balaban J connectivity index is 2.88. The predicted octanol–water partition coefficient (Wildman–Crippen LogP) is 2.02. The maximum Gasteiger partial charge on any atom is 0.255 e. The minimum atomic E-state index is -0.585. The second-order valence-electron chi connectivity index (χ2n) is 5.48. The van der Waals surface area contributed by atoms with Crippen LogP contribution in [-0.4, -0.2) is 23.1 Å². The number of nitrogens with two attached hydrogens (primary N) is 1. The number of rotatable bonds is 5. The molecule has 1 atom stereocenters. The van der Waals surface area contributed by atoms with E-state index < -0.39 is 17.3 Å². The van der Waals surface area contributed by atoms with Crippen molar-refractivity contribution < 1.29 is 14.3 Å². The Bertz CT molecular complexity index is 463. The molecule has 1 aromatic carbocycles. The van der Waals surface area contributed by atoms with Crippen LogP contribution in [-0.2, 0) is 0 Å². The third kappa shape index (κ3) is 4.21. The van der Waals surface area contributed by atoms with Crippen LogP contribution in [0.2, 0.25) is 0 Å². The van der Waals surface area contributed by atoms with Gasteiger partial charge in [-0.05, 0) is 31.4 Å². The number of amides is 1. The number of hydrogen-bond donors (Lipinski definition) is 3. The van der Waals surface area contributed by atoms with Crippen molar-refractivity contribution in [1.29, 1.82) is 0 Å². The van der Waals surface area contributed by atoms with Gasteiger partial charge in [0.05, 0.1) is 5.56 Å². The van der Waals surface area contributed by atoms with Gasteiger partial charge in [0, 0.05) is 18.2 Å². The van der Waals surface area contributed by atoms with Crippen molar-refractivity contribution in [3.8, 4) is 5.75 Å². The molecule has 1 amide bonds. The normalized spacial score (nSPS) is 14.2. The Hall–Kier alpha value is -1.62. The second-order valence-corrected chi connectivity index (χ2v) is 5.48. The van der Waals surface area contributed by atoms with E-state index in [2.05, 4.69) is 5.32 Å². The van der Waals surface area contributed by atoms with Crippen molar-refractivity contribution in [1.82, 2.24) is 5.32 Å². The van der Waals surface area contributed by atoms with Crippen molar-refractivity contribution in [2.24, 2.45) is 11.7 Å². The van der Waals surface area contributed by atoms with E-state index >= 15 is 0 Å². The van der Waals surface area contributed by atoms with Crippen LogP contribution < -0.4 is 11.1 Å². The summed E-state index contributed by atoms with van der Waals surface area (Å²) in [6.45, 7) is 6.22. The highest BCUT2D eigenvalue weighted by atomic mass is 19.1. The number of phenolic OH excluding ortho intramolecular Hbond substituents is 1. The largest absolute Gasteiger partial charge is 0.507 e. The number of nitrogens with one attached hydrogen (secondary N) is 1. The average molecular weight is 268 g/mol. The van der Waals surface area contributed by atoms with Crippen LogP contribution in [0, 0.1) is 11.7 Å². The molecule has 0 bridgehead atoms. The average Bonchev–Trinajstić information content (AvgIpc) is 2.27. The van der Waals surface area contributed by atoms with E-state index in [-0.39, 0.29) is 11.3 Å². The van der Waals surface area contributed by atoms with E-state index in [4.69, 9.17) is 5.73 Å². The Morgan fingerprint density at radius 2 is 2.16 bits per heavy atom. The zero-order chi connectivity index (χ0) is 14.6. The van der Waals surface area contributed by atoms with Gasteiger partial charge in [0.1, 0.15) is 11.6 Å². The van der Waals surface area contributed by atoms with Gasteiger partial charge in [0.2, 0.25) is 0 Å². The lowest BCUT2D eigenvalue weighted by atomic mass is 9.90. The summed E-state index contributed by atoms with van der Waals surface area (Å²) in [6.07, 6.45) is 0.719. The van der Waals surface area contributed by atoms with E-state index in [0.29, 0.717) is 12.5 Å². The van der Waals surface area contributed by atoms with Crippen LogP contribution in [0.3, 0.4) is 0 Å². The van der Waals surface area contributed by atoms with Gasteiger partial charge in [0.25, 0.3) is 5.91 Å². The third-order valence-corrected chi connectivity index (χ3v) is 2.93. The van der Waals surface area contributed by atoms with Gasteiger partial charge in [-0.1, -0.05) is 13.8 Å². The molecule has 0 aliphatic heterocycles. The molecule has 0 saturated heterocycles. The molecule has 1 aromatic rings. The monoisotopic (exact) mass is 268 g/mol. The lowest BCUT2D eigenvalue weighted by Gasteiger charge is -2.31. The summed E-state index contributed by atoms with van der Waals surface area (Å²) in [5.41, 5.74) is 5.20. The van der Waals surface area contributed by atoms with Gasteiger partial charge in [0.15, 0.2) is 0 Å². The number of carbonyl (C=O) groups is 1. The molecule has 19 heavy (non-hydrogen) atoms. The number of halogens is 1. The molecular formula is C14H21FN2O2. The number of phenols is 1. The molecule has 0 radical (unpaired) electrons. The molecule has 0 fully saturated rings. The van der Waals surface area contributed by atoms with Crippen molar-refractivity contribution >= 4 is 5.91 Å². The Kier molecular flexibility index (Phi) is 4.89. The van der Waals surface area contributed by atoms with Gasteiger partial charge < -0.3 is 16.2 Å². The highest BCUT2D eigenvalue weighted by Gasteiger charge is 2.27. The van der Waals surface area contributed by atoms with Gasteiger partial charge in [-0.15, -0.1) is 0 Å². The summed E-state index contributed by atoms with van der Waals surface area (Å²) in [7, 11) is 0. The molecule has 1 rings (SSSR count). The molecular weight excluding hydrogens is 247 g/mol. The molecule has 0 aliphatic rings. The zero-order valence-corrected chi connectivity index (χ0v) is 11.5. The van der Waals surface area contributed by atoms with Gasteiger partial charge in [-0.3, -0.25) is 4.79 Å². The molecule has 0 aromatic heterocycles. The van der Waals surface area contributed by atoms with E-state index in [0.717, 1.165) is 18.6 Å². The summed E-state index contributed by atoms with van der Waals surface area (Å²) < 4.78 is 12.9. The van der Waals surface area contributed by atoms with Gasteiger partial charge in [-0.25, -0.2) is 4.39 Å². The Morgan fingerprint density at radius 3 is 2.63 bits per heavy atom. The molecule has 0 heterocycles. The molecule has 0 aliphatic carbocycles. The first kappa shape index (κ1) is 15.4. The maximum absolute atomic E-state index is 12.9. The highest BCUT2D eigenvalue weighted by Crippen LogP contribution is 2.21. The zero-order valence-electron chi connectivity index (χ0n) is 11.5. The minimum Gasteiger partial charge on any atom is -0.507 e. The Labute approximate surface area is 112 Å². The molecule has 0 saturated carbocycles. The summed E-state index contributed by atoms with van der Waals surface area (Å²) in [5, 5.41) is 12.4. The standard InChI is InChI=1S/C14H21FN2O2/c1-9(2)7-14(3,8-16)17-13(19)11-5-4-10(15)6-12(11)18/h4-6,9,18H,7-8,16H2,1-3H3,(H,17,19). The lowest BCUT2D eigenvalue weighted by Crippen LogP contribution is -2.52. The SMILES string of the molecule is CC(C)CC(C)(CN)NC(=O)c1ccc(F)cc1O. The lowest BCUT2D eigenvalue weighted by molar-refractivity contribution is 0.0895. The van der Waals surface area contributed by atoms with Crippen molar-refractivity contribution in [2.45, 2.75) is 32.7 Å². The van der Waals surface area contributed by atoms with Crippen LogP contribution in [0.25, 0.3) is 0 Å². The summed E-state index contributed by atoms with van der Waals surface area (Å²) >= 11 is 0. The number of benzene rings is 1. The quantitative estimate of drug-likeness (QED) is 0.764. The molecule has 1 unspecified atom stereocenters. The first-order valence-electron chi connectivity index (χ1n) is 6.28. The molecule has 4 N–H and O–H groups in total. The third-order valence-electron chi connectivity index (χ3n) is 2.93. The van der Waals surface area contributed by atoms with E-state index in [9.17, 15) is 14.3 Å². The fraction of sp³-hybridized carbons (Fsp3) is 0.500. The Morgan fingerprint density at radius 1 is 1.53 bits per heavy atom. The van der Waals surface area contributed by atoms with Crippen molar-refractivity contribution in [3.63, 3.8) is 0 Å². The fourth-order valence-electron chi connectivity index (χ4n) is 2.12. The first-order valence-corrected chi connectivity index (χ1v) is 6.28. The number of aromatic hydroxyl groups is 1. The van der Waals surface area contributed by atoms with E-state index in [1.165, 1.54) is 6.07 Å². The van der Waals surface area contributed by atoms with Gasteiger partial charge in [-0.2, -0.15) is 0 Å². The molecule has 5 heteroatoms. The molecule has 0 spiro atoms. The number of hydrogen-bond acceptors (Lipinski definition) is 3. The topological polar surface area (TPSA) is 75.3 Å². The summed E-state index contributed by atoms with van der Waals surface area (Å²) in [6, 6.07) is 3.31. The van der Waals surface area contributed by atoms with Crippen molar-refractivity contribution in [2.75, 3.05) is 6.54 Å². The molecule has 4 nitrogen and oxygen atoms in total. The smallest absolute Gasteiger partial charge is 0.255 e. The van der Waals surface area contributed by atoms with Crippen molar-refractivity contribution in [3.05, 3.63) is 29.6 Å². The van der Waals surface area contributed by atoms with Crippen LogP contribution in [0.15, 0.2) is 18.2 Å². The first-order chi connectivity index (χ1) is 8.77. The van der Waals surface area contributed by atoms with E-state index in [1.54, 1.807) is 0 Å². The van der Waals surface area contributed by atoms with Crippen LogP contribution >= 0.6 is 0 Å². The van der Waals surface area contributed by atoms with Crippen LogP contribution in [0.4, 0.5) is 4.39 Å². The predicted molar refractivity (Wildman–Crippen MR) is 72.4 cm³/mol. The van der Waals surface area contributed by atoms with Gasteiger partial charge >= 0.3 is 0 Å².